The summed E-state index contributed by atoms with van der Waals surface area (Å²) in [7, 11) is 0. The first-order chi connectivity index (χ1) is 13.1. The van der Waals surface area contributed by atoms with Crippen LogP contribution in [0.25, 0.3) is 11.1 Å². The fraction of sp³-hybridized carbons (Fsp3) is 0.350. The maximum Gasteiger partial charge on any atom is 0.340 e. The van der Waals surface area contributed by atoms with Crippen molar-refractivity contribution in [1.82, 2.24) is 10.3 Å². The number of aromatic amines is 1. The van der Waals surface area contributed by atoms with Crippen molar-refractivity contribution in [2.24, 2.45) is 0 Å². The number of nitrogens with one attached hydrogen (secondary N) is 2. The predicted octanol–water partition coefficient (Wildman–Crippen LogP) is 2.38. The number of hydrogen-bond donors (Lipinski definition) is 3. The third kappa shape index (κ3) is 4.45. The Bertz CT molecular complexity index is 900. The first-order valence-electron chi connectivity index (χ1n) is 8.74. The molecule has 0 aliphatic heterocycles. The summed E-state index contributed by atoms with van der Waals surface area (Å²) in [4.78, 5) is 40.4. The average molecular weight is 390 g/mol. The number of esters is 1. The minimum absolute atomic E-state index is 0.103. The number of carbonyl (C=O) groups is 3. The van der Waals surface area contributed by atoms with E-state index in [2.05, 4.69) is 10.3 Å². The lowest BCUT2D eigenvalue weighted by molar-refractivity contribution is -0.119. The molecule has 0 radical (unpaired) electrons. The van der Waals surface area contributed by atoms with E-state index in [1.54, 1.807) is 27.7 Å². The summed E-state index contributed by atoms with van der Waals surface area (Å²) in [6.45, 7) is 6.10. The summed E-state index contributed by atoms with van der Waals surface area (Å²) in [5, 5.41) is 11.7. The number of ether oxygens (including phenoxy) is 1. The number of amides is 1. The Hall–Kier alpha value is -3.00. The molecule has 1 aromatic heterocycles. The molecule has 28 heavy (non-hydrogen) atoms. The predicted molar refractivity (Wildman–Crippen MR) is 101 cm³/mol. The number of hydrogen-bond acceptors (Lipinski definition) is 5. The van der Waals surface area contributed by atoms with E-state index in [9.17, 15) is 23.9 Å². The van der Waals surface area contributed by atoms with Crippen LogP contribution in [0.3, 0.4) is 0 Å². The third-order valence-electron chi connectivity index (χ3n) is 4.08. The van der Waals surface area contributed by atoms with Crippen LogP contribution in [0, 0.1) is 12.7 Å². The van der Waals surface area contributed by atoms with E-state index < -0.39 is 29.0 Å². The van der Waals surface area contributed by atoms with Crippen LogP contribution < -0.4 is 5.32 Å². The van der Waals surface area contributed by atoms with Crippen molar-refractivity contribution in [3.8, 4) is 11.1 Å². The smallest absolute Gasteiger partial charge is 0.340 e. The van der Waals surface area contributed by atoms with Gasteiger partial charge in [-0.05, 0) is 45.4 Å². The molecule has 1 aromatic carbocycles. The van der Waals surface area contributed by atoms with Crippen LogP contribution in [0.2, 0.25) is 0 Å². The normalized spacial score (nSPS) is 11.2. The van der Waals surface area contributed by atoms with E-state index in [4.69, 9.17) is 4.74 Å². The first-order valence-corrected chi connectivity index (χ1v) is 8.74. The summed E-state index contributed by atoms with van der Waals surface area (Å²) >= 11 is 0. The Kier molecular flexibility index (Phi) is 6.35. The molecule has 0 spiro atoms. The van der Waals surface area contributed by atoms with Crippen molar-refractivity contribution in [2.75, 3.05) is 13.2 Å². The third-order valence-corrected chi connectivity index (χ3v) is 4.08. The molecule has 0 fully saturated rings. The lowest BCUT2D eigenvalue weighted by atomic mass is 9.98. The summed E-state index contributed by atoms with van der Waals surface area (Å²) in [6.07, 6.45) is 0. The number of ketones is 1. The summed E-state index contributed by atoms with van der Waals surface area (Å²) < 4.78 is 18.4. The average Bonchev–Trinajstić information content (AvgIpc) is 2.98. The topological polar surface area (TPSA) is 108 Å². The van der Waals surface area contributed by atoms with Crippen molar-refractivity contribution >= 4 is 17.7 Å². The number of benzene rings is 1. The van der Waals surface area contributed by atoms with E-state index in [1.807, 2.05) is 0 Å². The summed E-state index contributed by atoms with van der Waals surface area (Å²) in [6, 6.07) is 5.20. The second-order valence-electron chi connectivity index (χ2n) is 6.93. The van der Waals surface area contributed by atoms with Crippen molar-refractivity contribution in [2.45, 2.75) is 33.2 Å². The molecule has 1 amide bonds. The molecule has 0 bridgehead atoms. The van der Waals surface area contributed by atoms with Crippen LogP contribution in [0.5, 0.6) is 0 Å². The fourth-order valence-corrected chi connectivity index (χ4v) is 2.68. The van der Waals surface area contributed by atoms with Crippen LogP contribution in [-0.2, 0) is 9.53 Å². The van der Waals surface area contributed by atoms with E-state index >= 15 is 0 Å². The maximum atomic E-state index is 13.3. The second-order valence-corrected chi connectivity index (χ2v) is 6.93. The largest absolute Gasteiger partial charge is 0.462 e. The number of aliphatic hydroxyl groups excluding tert-OH is 1. The van der Waals surface area contributed by atoms with Gasteiger partial charge in [0.25, 0.3) is 11.7 Å². The van der Waals surface area contributed by atoms with Crippen molar-refractivity contribution in [3.63, 3.8) is 0 Å². The zero-order chi connectivity index (χ0) is 21.1. The van der Waals surface area contributed by atoms with E-state index in [0.29, 0.717) is 11.3 Å². The van der Waals surface area contributed by atoms with Gasteiger partial charge in [-0.2, -0.15) is 0 Å². The van der Waals surface area contributed by atoms with Gasteiger partial charge >= 0.3 is 5.97 Å². The monoisotopic (exact) mass is 390 g/mol. The highest BCUT2D eigenvalue weighted by molar-refractivity contribution is 6.44. The Morgan fingerprint density at radius 2 is 1.82 bits per heavy atom. The van der Waals surface area contributed by atoms with Crippen molar-refractivity contribution in [1.29, 1.82) is 0 Å². The van der Waals surface area contributed by atoms with Crippen LogP contribution in [0.15, 0.2) is 24.3 Å². The second kappa shape index (κ2) is 8.35. The van der Waals surface area contributed by atoms with Gasteiger partial charge < -0.3 is 20.1 Å². The zero-order valence-electron chi connectivity index (χ0n) is 16.2. The number of aliphatic hydroxyl groups is 1. The molecule has 0 atom stereocenters. The molecule has 150 valence electrons. The molecule has 0 unspecified atom stereocenters. The number of aromatic nitrogens is 1. The molecule has 0 aliphatic rings. The summed E-state index contributed by atoms with van der Waals surface area (Å²) in [5.74, 6) is -3.01. The minimum atomic E-state index is -1.01. The molecule has 2 rings (SSSR count). The molecular formula is C20H23FN2O5. The molecule has 0 saturated heterocycles. The molecule has 8 heteroatoms. The Balaban J connectivity index is 2.59. The van der Waals surface area contributed by atoms with Gasteiger partial charge in [-0.3, -0.25) is 9.59 Å². The molecule has 7 nitrogen and oxygen atoms in total. The molecule has 0 saturated carbocycles. The van der Waals surface area contributed by atoms with Gasteiger partial charge in [-0.25, -0.2) is 9.18 Å². The molecule has 0 aliphatic carbocycles. The van der Waals surface area contributed by atoms with Gasteiger partial charge in [-0.1, -0.05) is 12.1 Å². The quantitative estimate of drug-likeness (QED) is 0.382. The van der Waals surface area contributed by atoms with Crippen LogP contribution in [-0.4, -0.2) is 46.5 Å². The lowest BCUT2D eigenvalue weighted by Gasteiger charge is -2.22. The SMILES string of the molecule is CCOC(=O)c1c(C)[nH]c(C(=O)C(=O)NC(C)(C)CO)c1-c1ccc(F)cc1. The Labute approximate surface area is 161 Å². The number of halogens is 1. The van der Waals surface area contributed by atoms with Gasteiger partial charge in [0.2, 0.25) is 0 Å². The number of carbonyl (C=O) groups excluding carboxylic acids is 3. The van der Waals surface area contributed by atoms with Gasteiger partial charge in [0.1, 0.15) is 11.5 Å². The van der Waals surface area contributed by atoms with E-state index in [0.717, 1.165) is 0 Å². The number of H-pyrrole nitrogens is 1. The highest BCUT2D eigenvalue weighted by Crippen LogP contribution is 2.31. The van der Waals surface area contributed by atoms with Gasteiger partial charge in [-0.15, -0.1) is 0 Å². The standard InChI is InChI=1S/C20H23FN2O5/c1-5-28-19(27)14-11(2)22-16(15(14)12-6-8-13(21)9-7-12)17(25)18(26)23-20(3,4)10-24/h6-9,22,24H,5,10H2,1-4H3,(H,23,26). The number of Topliss-reactive ketones (excluding diaryl/α,β-unsaturated/α-hetero) is 1. The van der Waals surface area contributed by atoms with Crippen LogP contribution in [0.1, 0.15) is 47.3 Å². The zero-order valence-corrected chi connectivity index (χ0v) is 16.2. The molecule has 3 N–H and O–H groups in total. The molecule has 1 heterocycles. The van der Waals surface area contributed by atoms with Gasteiger partial charge in [0, 0.05) is 11.3 Å². The van der Waals surface area contributed by atoms with Gasteiger partial charge in [0.05, 0.1) is 24.3 Å². The van der Waals surface area contributed by atoms with Crippen molar-refractivity contribution < 1.29 is 28.6 Å². The molecular weight excluding hydrogens is 367 g/mol. The highest BCUT2D eigenvalue weighted by Gasteiger charge is 2.31. The first kappa shape index (κ1) is 21.3. The Morgan fingerprint density at radius 3 is 2.36 bits per heavy atom. The minimum Gasteiger partial charge on any atom is -0.462 e. The highest BCUT2D eigenvalue weighted by atomic mass is 19.1. The van der Waals surface area contributed by atoms with E-state index in [-0.39, 0.29) is 30.0 Å². The van der Waals surface area contributed by atoms with Crippen LogP contribution >= 0.6 is 0 Å². The van der Waals surface area contributed by atoms with Gasteiger partial charge in [0.15, 0.2) is 0 Å². The Morgan fingerprint density at radius 1 is 1.21 bits per heavy atom. The van der Waals surface area contributed by atoms with Crippen LogP contribution in [0.4, 0.5) is 4.39 Å². The summed E-state index contributed by atoms with van der Waals surface area (Å²) in [5.41, 5.74) is -0.127. The fourth-order valence-electron chi connectivity index (χ4n) is 2.68. The number of rotatable bonds is 7. The lowest BCUT2D eigenvalue weighted by Crippen LogP contribution is -2.49. The molecule has 2 aromatic rings. The maximum absolute atomic E-state index is 13.3. The van der Waals surface area contributed by atoms with E-state index in [1.165, 1.54) is 24.3 Å². The number of aryl methyl sites for hydroxylation is 1. The van der Waals surface area contributed by atoms with Crippen molar-refractivity contribution in [3.05, 3.63) is 47.0 Å².